The molecule has 2 heterocycles. The number of para-hydroxylation sites is 1. The van der Waals surface area contributed by atoms with E-state index in [2.05, 4.69) is 34.1 Å². The lowest BCUT2D eigenvalue weighted by Gasteiger charge is -2.29. The van der Waals surface area contributed by atoms with Crippen LogP contribution >= 0.6 is 0 Å². The van der Waals surface area contributed by atoms with Gasteiger partial charge < -0.3 is 5.73 Å². The second-order valence-electron chi connectivity index (χ2n) is 5.70. The number of pyridine rings is 1. The van der Waals surface area contributed by atoms with Gasteiger partial charge in [-0.2, -0.15) is 0 Å². The molecule has 106 valence electrons. The smallest absolute Gasteiger partial charge is 0.0746 e. The zero-order chi connectivity index (χ0) is 13.8. The van der Waals surface area contributed by atoms with E-state index in [1.807, 2.05) is 12.3 Å². The molecule has 2 N–H and O–H groups in total. The maximum absolute atomic E-state index is 5.97. The van der Waals surface area contributed by atoms with E-state index in [-0.39, 0.29) is 0 Å². The number of aromatic nitrogens is 1. The summed E-state index contributed by atoms with van der Waals surface area (Å²) in [5, 5.41) is 1.23. The summed E-state index contributed by atoms with van der Waals surface area (Å²) in [5.41, 5.74) is 8.43. The fraction of sp³-hybridized carbons (Fsp3) is 0.471. The number of likely N-dealkylation sites (tertiary alicyclic amines) is 1. The fourth-order valence-corrected chi connectivity index (χ4v) is 3.23. The van der Waals surface area contributed by atoms with Crippen molar-refractivity contribution in [1.29, 1.82) is 0 Å². The molecule has 0 spiro atoms. The van der Waals surface area contributed by atoms with E-state index in [1.54, 1.807) is 0 Å². The standard InChI is InChI=1S/C17H23N3/c18-12-16-9-2-1-3-11-20(16)13-15-7-4-6-14-8-5-10-19-17(14)15/h4-8,10,16H,1-3,9,11-13,18H2. The summed E-state index contributed by atoms with van der Waals surface area (Å²) in [5.74, 6) is 0. The first-order chi connectivity index (χ1) is 9.88. The fourth-order valence-electron chi connectivity index (χ4n) is 3.23. The first-order valence-electron chi connectivity index (χ1n) is 7.65. The predicted octanol–water partition coefficient (Wildman–Crippen LogP) is 2.94. The van der Waals surface area contributed by atoms with E-state index in [4.69, 9.17) is 5.73 Å². The van der Waals surface area contributed by atoms with Gasteiger partial charge in [-0.25, -0.2) is 0 Å². The molecule has 1 aliphatic rings. The molecule has 1 saturated heterocycles. The molecule has 0 saturated carbocycles. The molecule has 20 heavy (non-hydrogen) atoms. The minimum atomic E-state index is 0.525. The first kappa shape index (κ1) is 13.5. The third-order valence-corrected chi connectivity index (χ3v) is 4.36. The summed E-state index contributed by atoms with van der Waals surface area (Å²) < 4.78 is 0. The van der Waals surface area contributed by atoms with Gasteiger partial charge in [0.15, 0.2) is 0 Å². The number of nitrogens with two attached hydrogens (primary N) is 1. The molecular formula is C17H23N3. The van der Waals surface area contributed by atoms with Gasteiger partial charge in [0.05, 0.1) is 5.52 Å². The molecule has 1 fully saturated rings. The van der Waals surface area contributed by atoms with Gasteiger partial charge in [-0.3, -0.25) is 9.88 Å². The van der Waals surface area contributed by atoms with Crippen LogP contribution in [0.5, 0.6) is 0 Å². The van der Waals surface area contributed by atoms with Crippen molar-refractivity contribution in [2.24, 2.45) is 5.73 Å². The average Bonchev–Trinajstić information content (AvgIpc) is 2.72. The highest BCUT2D eigenvalue weighted by molar-refractivity contribution is 5.81. The molecule has 0 amide bonds. The molecule has 0 bridgehead atoms. The van der Waals surface area contributed by atoms with E-state index in [0.29, 0.717) is 6.04 Å². The minimum absolute atomic E-state index is 0.525. The number of fused-ring (bicyclic) bond motifs is 1. The lowest BCUT2D eigenvalue weighted by molar-refractivity contribution is 0.196. The van der Waals surface area contributed by atoms with Crippen LogP contribution in [0.3, 0.4) is 0 Å². The summed E-state index contributed by atoms with van der Waals surface area (Å²) in [6.45, 7) is 2.89. The van der Waals surface area contributed by atoms with Crippen molar-refractivity contribution >= 4 is 10.9 Å². The summed E-state index contributed by atoms with van der Waals surface area (Å²) in [6.07, 6.45) is 7.05. The Bertz CT molecular complexity index is 562. The van der Waals surface area contributed by atoms with Crippen LogP contribution in [-0.2, 0) is 6.54 Å². The molecule has 1 aromatic heterocycles. The largest absolute Gasteiger partial charge is 0.329 e. The van der Waals surface area contributed by atoms with E-state index in [9.17, 15) is 0 Å². The van der Waals surface area contributed by atoms with E-state index >= 15 is 0 Å². The number of hydrogen-bond acceptors (Lipinski definition) is 3. The molecule has 3 nitrogen and oxygen atoms in total. The molecular weight excluding hydrogens is 246 g/mol. The third kappa shape index (κ3) is 2.84. The highest BCUT2D eigenvalue weighted by Crippen LogP contribution is 2.22. The van der Waals surface area contributed by atoms with Crippen LogP contribution in [0.4, 0.5) is 0 Å². The maximum Gasteiger partial charge on any atom is 0.0746 e. The molecule has 1 aliphatic heterocycles. The molecule has 3 rings (SSSR count). The van der Waals surface area contributed by atoms with E-state index in [0.717, 1.165) is 25.2 Å². The van der Waals surface area contributed by atoms with Crippen LogP contribution in [0.2, 0.25) is 0 Å². The Morgan fingerprint density at radius 1 is 1.15 bits per heavy atom. The Hall–Kier alpha value is -1.45. The van der Waals surface area contributed by atoms with Crippen LogP contribution < -0.4 is 5.73 Å². The van der Waals surface area contributed by atoms with Gasteiger partial charge in [-0.05, 0) is 31.0 Å². The van der Waals surface area contributed by atoms with Crippen LogP contribution in [0.1, 0.15) is 31.2 Å². The third-order valence-electron chi connectivity index (χ3n) is 4.36. The highest BCUT2D eigenvalue weighted by Gasteiger charge is 2.20. The van der Waals surface area contributed by atoms with Crippen LogP contribution in [0.15, 0.2) is 36.5 Å². The van der Waals surface area contributed by atoms with Gasteiger partial charge in [0, 0.05) is 30.7 Å². The van der Waals surface area contributed by atoms with Gasteiger partial charge >= 0.3 is 0 Å². The Morgan fingerprint density at radius 3 is 2.95 bits per heavy atom. The lowest BCUT2D eigenvalue weighted by atomic mass is 10.1. The van der Waals surface area contributed by atoms with Crippen LogP contribution in [0.25, 0.3) is 10.9 Å². The molecule has 0 aliphatic carbocycles. The van der Waals surface area contributed by atoms with Gasteiger partial charge in [0.2, 0.25) is 0 Å². The van der Waals surface area contributed by atoms with Crippen LogP contribution in [-0.4, -0.2) is 29.0 Å². The predicted molar refractivity (Wildman–Crippen MR) is 83.5 cm³/mol. The maximum atomic E-state index is 5.97. The topological polar surface area (TPSA) is 42.1 Å². The Kier molecular flexibility index (Phi) is 4.28. The average molecular weight is 269 g/mol. The number of benzene rings is 1. The SMILES string of the molecule is NCC1CCCCCN1Cc1cccc2cccnc12. The van der Waals surface area contributed by atoms with E-state index < -0.39 is 0 Å². The molecule has 1 atom stereocenters. The summed E-state index contributed by atoms with van der Waals surface area (Å²) in [4.78, 5) is 7.12. The molecule has 1 aromatic carbocycles. The van der Waals surface area contributed by atoms with Crippen molar-refractivity contribution in [3.05, 3.63) is 42.1 Å². The normalized spacial score (nSPS) is 20.9. The zero-order valence-electron chi connectivity index (χ0n) is 12.0. The van der Waals surface area contributed by atoms with Gasteiger partial charge in [0.25, 0.3) is 0 Å². The van der Waals surface area contributed by atoms with Crippen molar-refractivity contribution in [3.8, 4) is 0 Å². The first-order valence-corrected chi connectivity index (χ1v) is 7.65. The lowest BCUT2D eigenvalue weighted by Crippen LogP contribution is -2.39. The van der Waals surface area contributed by atoms with Gasteiger partial charge in [-0.15, -0.1) is 0 Å². The summed E-state index contributed by atoms with van der Waals surface area (Å²) in [6, 6.07) is 11.1. The second-order valence-corrected chi connectivity index (χ2v) is 5.70. The van der Waals surface area contributed by atoms with E-state index in [1.165, 1.54) is 36.6 Å². The highest BCUT2D eigenvalue weighted by atomic mass is 15.2. The monoisotopic (exact) mass is 269 g/mol. The molecule has 1 unspecified atom stereocenters. The molecule has 0 radical (unpaired) electrons. The van der Waals surface area contributed by atoms with Gasteiger partial charge in [-0.1, -0.05) is 37.1 Å². The second kappa shape index (κ2) is 6.33. The van der Waals surface area contributed by atoms with Gasteiger partial charge in [0.1, 0.15) is 0 Å². The van der Waals surface area contributed by atoms with Crippen molar-refractivity contribution in [1.82, 2.24) is 9.88 Å². The Balaban J connectivity index is 1.87. The molecule has 2 aromatic rings. The minimum Gasteiger partial charge on any atom is -0.329 e. The van der Waals surface area contributed by atoms with Crippen molar-refractivity contribution in [2.75, 3.05) is 13.1 Å². The summed E-state index contributed by atoms with van der Waals surface area (Å²) in [7, 11) is 0. The van der Waals surface area contributed by atoms with Crippen molar-refractivity contribution in [2.45, 2.75) is 38.3 Å². The Labute approximate surface area is 120 Å². The van der Waals surface area contributed by atoms with Crippen molar-refractivity contribution in [3.63, 3.8) is 0 Å². The van der Waals surface area contributed by atoms with Crippen molar-refractivity contribution < 1.29 is 0 Å². The Morgan fingerprint density at radius 2 is 2.05 bits per heavy atom. The quantitative estimate of drug-likeness (QED) is 0.931. The number of rotatable bonds is 3. The van der Waals surface area contributed by atoms with Crippen LogP contribution in [0, 0.1) is 0 Å². The number of nitrogens with zero attached hydrogens (tertiary/aromatic N) is 2. The number of hydrogen-bond donors (Lipinski definition) is 1. The summed E-state index contributed by atoms with van der Waals surface area (Å²) >= 11 is 0. The zero-order valence-corrected chi connectivity index (χ0v) is 12.0. The molecule has 3 heteroatoms.